The van der Waals surface area contributed by atoms with E-state index in [1.165, 1.54) is 0 Å². The van der Waals surface area contributed by atoms with Gasteiger partial charge in [-0.2, -0.15) is 5.10 Å². The van der Waals surface area contributed by atoms with Crippen LogP contribution in [0.15, 0.2) is 30.7 Å². The number of hydrogen-bond donors (Lipinski definition) is 0. The van der Waals surface area contributed by atoms with Crippen molar-refractivity contribution in [2.24, 2.45) is 0 Å². The molecule has 1 aliphatic rings. The first-order chi connectivity index (χ1) is 12.1. The summed E-state index contributed by atoms with van der Waals surface area (Å²) >= 11 is 0. The smallest absolute Gasteiger partial charge is 0.259 e. The normalized spacial score (nSPS) is 17.8. The van der Waals surface area contributed by atoms with Crippen LogP contribution in [-0.4, -0.2) is 55.1 Å². The Bertz CT molecular complexity index is 918. The Kier molecular flexibility index (Phi) is 3.89. The van der Waals surface area contributed by atoms with Crippen LogP contribution >= 0.6 is 0 Å². The van der Waals surface area contributed by atoms with Crippen LogP contribution in [0.3, 0.4) is 0 Å². The van der Waals surface area contributed by atoms with Crippen LogP contribution in [-0.2, 0) is 4.74 Å². The van der Waals surface area contributed by atoms with Gasteiger partial charge in [0, 0.05) is 24.6 Å². The Morgan fingerprint density at radius 2 is 2.20 bits per heavy atom. The number of ether oxygens (including phenoxy) is 1. The predicted octanol–water partition coefficient (Wildman–Crippen LogP) is 1.35. The van der Waals surface area contributed by atoms with Crippen molar-refractivity contribution in [3.63, 3.8) is 0 Å². The number of hydrogen-bond acceptors (Lipinski definition) is 6. The van der Waals surface area contributed by atoms with Gasteiger partial charge in [0.2, 0.25) is 0 Å². The molecule has 128 valence electrons. The average molecular weight is 338 g/mol. The third kappa shape index (κ3) is 2.96. The van der Waals surface area contributed by atoms with Crippen molar-refractivity contribution in [3.05, 3.63) is 53.5 Å². The molecule has 4 heterocycles. The fraction of sp³-hybridized carbons (Fsp3) is 0.353. The highest BCUT2D eigenvalue weighted by molar-refractivity contribution is 5.99. The minimum Gasteiger partial charge on any atom is -0.368 e. The molecule has 0 saturated carbocycles. The standard InChI is InChI=1S/C17H18N6O2/c1-11-8-14(21-12(2)20-11)15-10-22(6-7-25-15)17(24)13-9-19-23-5-3-4-18-16(13)23/h3-5,8-9,15H,6-7,10H2,1-2H3. The zero-order valence-corrected chi connectivity index (χ0v) is 14.1. The lowest BCUT2D eigenvalue weighted by molar-refractivity contribution is -0.0248. The van der Waals surface area contributed by atoms with Gasteiger partial charge in [0.05, 0.1) is 25.0 Å². The largest absolute Gasteiger partial charge is 0.368 e. The summed E-state index contributed by atoms with van der Waals surface area (Å²) in [6, 6.07) is 3.68. The Morgan fingerprint density at radius 3 is 3.04 bits per heavy atom. The molecule has 1 fully saturated rings. The molecule has 1 unspecified atom stereocenters. The maximum Gasteiger partial charge on any atom is 0.259 e. The van der Waals surface area contributed by atoms with Crippen molar-refractivity contribution in [1.29, 1.82) is 0 Å². The summed E-state index contributed by atoms with van der Waals surface area (Å²) < 4.78 is 7.44. The molecule has 1 amide bonds. The molecule has 1 atom stereocenters. The van der Waals surface area contributed by atoms with E-state index in [1.54, 1.807) is 34.1 Å². The van der Waals surface area contributed by atoms with Crippen LogP contribution in [0.2, 0.25) is 0 Å². The molecule has 0 N–H and O–H groups in total. The minimum absolute atomic E-state index is 0.0931. The zero-order valence-electron chi connectivity index (χ0n) is 14.1. The molecule has 0 aliphatic carbocycles. The van der Waals surface area contributed by atoms with Gasteiger partial charge in [-0.15, -0.1) is 0 Å². The lowest BCUT2D eigenvalue weighted by Gasteiger charge is -2.32. The predicted molar refractivity (Wildman–Crippen MR) is 89.1 cm³/mol. The minimum atomic E-state index is -0.257. The van der Waals surface area contributed by atoms with Gasteiger partial charge < -0.3 is 9.64 Å². The number of nitrogens with zero attached hydrogens (tertiary/aromatic N) is 6. The number of fused-ring (bicyclic) bond motifs is 1. The summed E-state index contributed by atoms with van der Waals surface area (Å²) in [5.41, 5.74) is 2.75. The van der Waals surface area contributed by atoms with Gasteiger partial charge in [0.15, 0.2) is 5.65 Å². The fourth-order valence-corrected chi connectivity index (χ4v) is 3.07. The highest BCUT2D eigenvalue weighted by Crippen LogP contribution is 2.23. The molecule has 3 aromatic heterocycles. The molecule has 4 rings (SSSR count). The lowest BCUT2D eigenvalue weighted by atomic mass is 10.1. The van der Waals surface area contributed by atoms with Crippen molar-refractivity contribution in [1.82, 2.24) is 29.5 Å². The van der Waals surface area contributed by atoms with E-state index in [2.05, 4.69) is 20.1 Å². The van der Waals surface area contributed by atoms with Crippen LogP contribution < -0.4 is 0 Å². The van der Waals surface area contributed by atoms with Crippen LogP contribution in [0.25, 0.3) is 5.65 Å². The molecule has 0 aromatic carbocycles. The Balaban J connectivity index is 1.59. The first-order valence-electron chi connectivity index (χ1n) is 8.13. The van der Waals surface area contributed by atoms with E-state index in [0.29, 0.717) is 36.7 Å². The van der Waals surface area contributed by atoms with Crippen LogP contribution in [0, 0.1) is 13.8 Å². The van der Waals surface area contributed by atoms with Gasteiger partial charge in [0.1, 0.15) is 17.5 Å². The zero-order chi connectivity index (χ0) is 17.4. The number of morpholine rings is 1. The van der Waals surface area contributed by atoms with E-state index in [4.69, 9.17) is 4.74 Å². The van der Waals surface area contributed by atoms with Crippen LogP contribution in [0.5, 0.6) is 0 Å². The molecule has 0 bridgehead atoms. The van der Waals surface area contributed by atoms with Gasteiger partial charge in [-0.1, -0.05) is 0 Å². The summed E-state index contributed by atoms with van der Waals surface area (Å²) in [6.45, 7) is 5.22. The molecule has 25 heavy (non-hydrogen) atoms. The third-order valence-electron chi connectivity index (χ3n) is 4.18. The summed E-state index contributed by atoms with van der Waals surface area (Å²) in [7, 11) is 0. The SMILES string of the molecule is Cc1cc(C2CN(C(=O)c3cnn4cccnc34)CCO2)nc(C)n1. The topological polar surface area (TPSA) is 85.5 Å². The molecule has 1 aliphatic heterocycles. The van der Waals surface area contributed by atoms with Gasteiger partial charge in [0.25, 0.3) is 5.91 Å². The maximum atomic E-state index is 12.9. The quantitative estimate of drug-likeness (QED) is 0.701. The number of rotatable bonds is 2. The number of carbonyl (C=O) groups is 1. The van der Waals surface area contributed by atoms with Crippen molar-refractivity contribution in [2.75, 3.05) is 19.7 Å². The first kappa shape index (κ1) is 15.6. The fourth-order valence-electron chi connectivity index (χ4n) is 3.07. The number of carbonyl (C=O) groups excluding carboxylic acids is 1. The Hall–Kier alpha value is -2.87. The van der Waals surface area contributed by atoms with Gasteiger partial charge in [-0.25, -0.2) is 19.5 Å². The maximum absolute atomic E-state index is 12.9. The summed E-state index contributed by atoms with van der Waals surface area (Å²) in [5.74, 6) is 0.610. The molecule has 8 heteroatoms. The highest BCUT2D eigenvalue weighted by atomic mass is 16.5. The number of amides is 1. The van der Waals surface area contributed by atoms with E-state index >= 15 is 0 Å². The molecule has 3 aromatic rings. The van der Waals surface area contributed by atoms with Crippen molar-refractivity contribution >= 4 is 11.6 Å². The Labute approximate surface area is 144 Å². The molecule has 0 radical (unpaired) electrons. The van der Waals surface area contributed by atoms with Crippen molar-refractivity contribution in [2.45, 2.75) is 20.0 Å². The number of aryl methyl sites for hydroxylation is 2. The first-order valence-corrected chi connectivity index (χ1v) is 8.13. The molecule has 0 spiro atoms. The van der Waals surface area contributed by atoms with E-state index in [-0.39, 0.29) is 12.0 Å². The summed E-state index contributed by atoms with van der Waals surface area (Å²) in [5, 5.41) is 4.19. The van der Waals surface area contributed by atoms with E-state index in [1.807, 2.05) is 19.9 Å². The number of aromatic nitrogens is 5. The summed E-state index contributed by atoms with van der Waals surface area (Å²) in [4.78, 5) is 27.7. The second kappa shape index (κ2) is 6.21. The molecule has 1 saturated heterocycles. The molecule has 8 nitrogen and oxygen atoms in total. The van der Waals surface area contributed by atoms with E-state index < -0.39 is 0 Å². The highest BCUT2D eigenvalue weighted by Gasteiger charge is 2.29. The van der Waals surface area contributed by atoms with Gasteiger partial charge in [-0.05, 0) is 26.0 Å². The molecular weight excluding hydrogens is 320 g/mol. The van der Waals surface area contributed by atoms with E-state index in [0.717, 1.165) is 11.4 Å². The van der Waals surface area contributed by atoms with Crippen LogP contribution in [0.4, 0.5) is 0 Å². The van der Waals surface area contributed by atoms with Gasteiger partial charge in [-0.3, -0.25) is 4.79 Å². The van der Waals surface area contributed by atoms with Crippen LogP contribution in [0.1, 0.15) is 33.7 Å². The monoisotopic (exact) mass is 338 g/mol. The van der Waals surface area contributed by atoms with E-state index in [9.17, 15) is 4.79 Å². The molecular formula is C17H18N6O2. The average Bonchev–Trinajstić information content (AvgIpc) is 3.04. The summed E-state index contributed by atoms with van der Waals surface area (Å²) in [6.07, 6.45) is 4.73. The van der Waals surface area contributed by atoms with Gasteiger partial charge >= 0.3 is 0 Å². The Morgan fingerprint density at radius 1 is 1.32 bits per heavy atom. The van der Waals surface area contributed by atoms with Crippen molar-refractivity contribution in [3.8, 4) is 0 Å². The lowest BCUT2D eigenvalue weighted by Crippen LogP contribution is -2.42. The third-order valence-corrected chi connectivity index (χ3v) is 4.18. The second-order valence-electron chi connectivity index (χ2n) is 6.04. The van der Waals surface area contributed by atoms with Crippen molar-refractivity contribution < 1.29 is 9.53 Å². The second-order valence-corrected chi connectivity index (χ2v) is 6.04.